The molecule has 0 amide bonds. The molecule has 0 fully saturated rings. The van der Waals surface area contributed by atoms with E-state index in [0.29, 0.717) is 0 Å². The molecule has 0 aliphatic rings. The molecule has 0 heterocycles. The molecule has 0 N–H and O–H groups in total. The van der Waals surface area contributed by atoms with Crippen LogP contribution in [0.25, 0.3) is 10.8 Å². The molecule has 0 aromatic heterocycles. The van der Waals surface area contributed by atoms with Crippen molar-refractivity contribution in [2.75, 3.05) is 0 Å². The summed E-state index contributed by atoms with van der Waals surface area (Å²) in [5.41, 5.74) is 2.46. The highest BCUT2D eigenvalue weighted by molar-refractivity contribution is 9.09. The van der Waals surface area contributed by atoms with E-state index in [4.69, 9.17) is 11.6 Å². The van der Waals surface area contributed by atoms with Crippen LogP contribution in [0.4, 0.5) is 0 Å². The third kappa shape index (κ3) is 2.68. The van der Waals surface area contributed by atoms with Crippen LogP contribution in [0.2, 0.25) is 5.02 Å². The van der Waals surface area contributed by atoms with Crippen molar-refractivity contribution in [1.29, 1.82) is 0 Å². The van der Waals surface area contributed by atoms with Crippen LogP contribution in [0.15, 0.2) is 66.7 Å². The summed E-state index contributed by atoms with van der Waals surface area (Å²) in [6.45, 7) is 0. The maximum Gasteiger partial charge on any atom is 0.0644 e. The van der Waals surface area contributed by atoms with Crippen LogP contribution >= 0.6 is 27.5 Å². The first-order valence-corrected chi connectivity index (χ1v) is 7.41. The predicted molar refractivity (Wildman–Crippen MR) is 86.2 cm³/mol. The van der Waals surface area contributed by atoms with Gasteiger partial charge in [-0.3, -0.25) is 0 Å². The predicted octanol–water partition coefficient (Wildman–Crippen LogP) is 5.98. The molecular formula is C17H12BrCl. The molecule has 3 aromatic carbocycles. The van der Waals surface area contributed by atoms with Gasteiger partial charge in [0.2, 0.25) is 0 Å². The molecule has 3 rings (SSSR count). The van der Waals surface area contributed by atoms with Crippen molar-refractivity contribution >= 4 is 38.3 Å². The smallest absolute Gasteiger partial charge is 0.0644 e. The summed E-state index contributed by atoms with van der Waals surface area (Å²) in [5, 5.41) is 3.29. The number of fused-ring (bicyclic) bond motifs is 1. The number of hydrogen-bond acceptors (Lipinski definition) is 0. The Morgan fingerprint density at radius 3 is 2.11 bits per heavy atom. The molecule has 94 valence electrons. The van der Waals surface area contributed by atoms with E-state index in [1.54, 1.807) is 0 Å². The zero-order valence-corrected chi connectivity index (χ0v) is 12.5. The van der Waals surface area contributed by atoms with Gasteiger partial charge in [0.05, 0.1) is 4.83 Å². The lowest BCUT2D eigenvalue weighted by Gasteiger charge is -2.12. The second-order valence-electron chi connectivity index (χ2n) is 4.52. The van der Waals surface area contributed by atoms with E-state index in [1.807, 2.05) is 12.1 Å². The lowest BCUT2D eigenvalue weighted by Crippen LogP contribution is -1.92. The summed E-state index contributed by atoms with van der Waals surface area (Å²) in [7, 11) is 0. The van der Waals surface area contributed by atoms with Crippen LogP contribution in [0, 0.1) is 0 Å². The van der Waals surface area contributed by atoms with Crippen LogP contribution < -0.4 is 0 Å². The third-order valence-corrected chi connectivity index (χ3v) is 4.54. The summed E-state index contributed by atoms with van der Waals surface area (Å²) in [4.78, 5) is 0.189. The fourth-order valence-corrected chi connectivity index (χ4v) is 2.91. The minimum atomic E-state index is 0.189. The first-order valence-electron chi connectivity index (χ1n) is 6.12. The van der Waals surface area contributed by atoms with Gasteiger partial charge in [0, 0.05) is 5.02 Å². The Bertz CT molecular complexity index is 704. The second-order valence-corrected chi connectivity index (χ2v) is 5.87. The molecule has 19 heavy (non-hydrogen) atoms. The lowest BCUT2D eigenvalue weighted by molar-refractivity contribution is 1.18. The molecule has 0 saturated heterocycles. The van der Waals surface area contributed by atoms with Crippen molar-refractivity contribution in [3.05, 3.63) is 82.9 Å². The van der Waals surface area contributed by atoms with Crippen molar-refractivity contribution in [3.63, 3.8) is 0 Å². The monoisotopic (exact) mass is 330 g/mol. The molecular weight excluding hydrogens is 320 g/mol. The maximum atomic E-state index is 5.93. The van der Waals surface area contributed by atoms with Crippen LogP contribution in [0.1, 0.15) is 16.0 Å². The SMILES string of the molecule is Clc1ccc(C(Br)c2ccc3ccccc3c2)cc1. The summed E-state index contributed by atoms with van der Waals surface area (Å²) in [5.74, 6) is 0. The molecule has 1 atom stereocenters. The van der Waals surface area contributed by atoms with E-state index in [1.165, 1.54) is 21.9 Å². The highest BCUT2D eigenvalue weighted by atomic mass is 79.9. The Labute approximate surface area is 126 Å². The lowest BCUT2D eigenvalue weighted by atomic mass is 10.0. The van der Waals surface area contributed by atoms with Crippen molar-refractivity contribution in [2.45, 2.75) is 4.83 Å². The number of rotatable bonds is 2. The standard InChI is InChI=1S/C17H12BrCl/c18-17(13-7-9-16(19)10-8-13)15-6-5-12-3-1-2-4-14(12)11-15/h1-11,17H. The molecule has 0 radical (unpaired) electrons. The van der Waals surface area contributed by atoms with Gasteiger partial charge in [-0.25, -0.2) is 0 Å². The molecule has 1 unspecified atom stereocenters. The number of benzene rings is 3. The highest BCUT2D eigenvalue weighted by Gasteiger charge is 2.10. The Morgan fingerprint density at radius 1 is 0.737 bits per heavy atom. The van der Waals surface area contributed by atoms with E-state index in [-0.39, 0.29) is 4.83 Å². The summed E-state index contributed by atoms with van der Waals surface area (Å²) in [6, 6.07) is 22.9. The van der Waals surface area contributed by atoms with Gasteiger partial charge in [0.25, 0.3) is 0 Å². The van der Waals surface area contributed by atoms with Gasteiger partial charge in [0.1, 0.15) is 0 Å². The summed E-state index contributed by atoms with van der Waals surface area (Å²) in [6.07, 6.45) is 0. The number of halogens is 2. The van der Waals surface area contributed by atoms with Gasteiger partial charge >= 0.3 is 0 Å². The molecule has 0 aliphatic carbocycles. The van der Waals surface area contributed by atoms with Crippen molar-refractivity contribution in [2.24, 2.45) is 0 Å². The van der Waals surface area contributed by atoms with Gasteiger partial charge in [-0.1, -0.05) is 76.1 Å². The molecule has 0 bridgehead atoms. The minimum absolute atomic E-state index is 0.189. The average Bonchev–Trinajstić information content (AvgIpc) is 2.47. The minimum Gasteiger partial charge on any atom is -0.0843 e. The Kier molecular flexibility index (Phi) is 3.58. The van der Waals surface area contributed by atoms with Gasteiger partial charge < -0.3 is 0 Å². The zero-order chi connectivity index (χ0) is 13.2. The first kappa shape index (κ1) is 12.7. The van der Waals surface area contributed by atoms with Gasteiger partial charge in [-0.05, 0) is 40.1 Å². The normalized spacial score (nSPS) is 12.5. The first-order chi connectivity index (χ1) is 9.24. The van der Waals surface area contributed by atoms with Crippen LogP contribution in [0.5, 0.6) is 0 Å². The van der Waals surface area contributed by atoms with E-state index in [9.17, 15) is 0 Å². The number of alkyl halides is 1. The molecule has 0 nitrogen and oxygen atoms in total. The Morgan fingerprint density at radius 2 is 1.37 bits per heavy atom. The van der Waals surface area contributed by atoms with E-state index < -0.39 is 0 Å². The van der Waals surface area contributed by atoms with Crippen LogP contribution in [-0.4, -0.2) is 0 Å². The maximum absolute atomic E-state index is 5.93. The highest BCUT2D eigenvalue weighted by Crippen LogP contribution is 2.32. The topological polar surface area (TPSA) is 0 Å². The van der Waals surface area contributed by atoms with Crippen molar-refractivity contribution < 1.29 is 0 Å². The van der Waals surface area contributed by atoms with Crippen molar-refractivity contribution in [1.82, 2.24) is 0 Å². The van der Waals surface area contributed by atoms with Gasteiger partial charge in [-0.2, -0.15) is 0 Å². The molecule has 0 aliphatic heterocycles. The molecule has 3 aromatic rings. The van der Waals surface area contributed by atoms with Gasteiger partial charge in [-0.15, -0.1) is 0 Å². The fraction of sp³-hybridized carbons (Fsp3) is 0.0588. The molecule has 2 heteroatoms. The Hall–Kier alpha value is -1.31. The summed E-state index contributed by atoms with van der Waals surface area (Å²) < 4.78 is 0. The van der Waals surface area contributed by atoms with E-state index in [0.717, 1.165) is 5.02 Å². The molecule has 0 saturated carbocycles. The van der Waals surface area contributed by atoms with E-state index in [2.05, 4.69) is 70.5 Å². The van der Waals surface area contributed by atoms with Crippen LogP contribution in [-0.2, 0) is 0 Å². The Balaban J connectivity index is 2.01. The quantitative estimate of drug-likeness (QED) is 0.507. The zero-order valence-electron chi connectivity index (χ0n) is 10.2. The largest absolute Gasteiger partial charge is 0.0843 e. The van der Waals surface area contributed by atoms with Gasteiger partial charge in [0.15, 0.2) is 0 Å². The molecule has 0 spiro atoms. The van der Waals surface area contributed by atoms with E-state index >= 15 is 0 Å². The fourth-order valence-electron chi connectivity index (χ4n) is 2.19. The number of hydrogen-bond donors (Lipinski definition) is 0. The van der Waals surface area contributed by atoms with Crippen molar-refractivity contribution in [3.8, 4) is 0 Å². The average molecular weight is 332 g/mol. The second kappa shape index (κ2) is 5.36. The third-order valence-electron chi connectivity index (χ3n) is 3.23. The van der Waals surface area contributed by atoms with Crippen LogP contribution in [0.3, 0.4) is 0 Å². The summed E-state index contributed by atoms with van der Waals surface area (Å²) >= 11 is 9.69.